The minimum absolute atomic E-state index is 0.472. The van der Waals surface area contributed by atoms with E-state index < -0.39 is 0 Å². The van der Waals surface area contributed by atoms with Crippen LogP contribution in [0.4, 0.5) is 0 Å². The molecule has 0 rings (SSSR count). The maximum atomic E-state index is 9.50. The number of hydroxylamine groups is 1. The molecule has 0 radical (unpaired) electrons. The number of allylic oxidation sites excluding steroid dienone is 1. The molecule has 0 aliphatic heterocycles. The number of hydrogen-bond donors (Lipinski definition) is 1. The van der Waals surface area contributed by atoms with Crippen LogP contribution in [0.3, 0.4) is 0 Å². The molecule has 0 bridgehead atoms. The van der Waals surface area contributed by atoms with Crippen molar-refractivity contribution >= 4 is 6.41 Å². The summed E-state index contributed by atoms with van der Waals surface area (Å²) in [6.45, 7) is 1.97. The number of carbonyl (C=O) groups excluding carboxylic acids is 1. The van der Waals surface area contributed by atoms with Gasteiger partial charge in [0.1, 0.15) is 6.26 Å². The summed E-state index contributed by atoms with van der Waals surface area (Å²) in [6, 6.07) is 0. The first-order chi connectivity index (χ1) is 3.91. The Kier molecular flexibility index (Phi) is 5.27. The van der Waals surface area contributed by atoms with Crippen LogP contribution in [-0.2, 0) is 9.63 Å². The zero-order valence-electron chi connectivity index (χ0n) is 4.76. The van der Waals surface area contributed by atoms with E-state index in [1.54, 1.807) is 6.08 Å². The molecule has 3 heteroatoms. The van der Waals surface area contributed by atoms with Gasteiger partial charge in [0.25, 0.3) is 0 Å². The van der Waals surface area contributed by atoms with Gasteiger partial charge in [-0.05, 0) is 12.5 Å². The lowest BCUT2D eigenvalue weighted by molar-refractivity contribution is -0.117. The first kappa shape index (κ1) is 7.01. The molecule has 0 aromatic rings. The highest BCUT2D eigenvalue weighted by molar-refractivity contribution is 5.43. The molecule has 0 aromatic carbocycles. The number of rotatable bonds is 4. The van der Waals surface area contributed by atoms with E-state index in [-0.39, 0.29) is 0 Å². The van der Waals surface area contributed by atoms with Crippen molar-refractivity contribution in [1.82, 2.24) is 5.48 Å². The molecule has 0 aliphatic carbocycles. The largest absolute Gasteiger partial charge is 0.388 e. The fourth-order valence-corrected chi connectivity index (χ4v) is 0.211. The van der Waals surface area contributed by atoms with Gasteiger partial charge in [0.05, 0.1) is 0 Å². The zero-order valence-corrected chi connectivity index (χ0v) is 4.76. The van der Waals surface area contributed by atoms with Gasteiger partial charge in [-0.25, -0.2) is 0 Å². The summed E-state index contributed by atoms with van der Waals surface area (Å²) in [4.78, 5) is 13.9. The molecule has 0 fully saturated rings. The second kappa shape index (κ2) is 6.01. The van der Waals surface area contributed by atoms with Gasteiger partial charge >= 0.3 is 0 Å². The predicted octanol–water partition coefficient (Wildman–Crippen LogP) is 0.588. The summed E-state index contributed by atoms with van der Waals surface area (Å²) < 4.78 is 0. The molecule has 0 aromatic heterocycles. The van der Waals surface area contributed by atoms with Gasteiger partial charge in [0.2, 0.25) is 6.41 Å². The van der Waals surface area contributed by atoms with Crippen LogP contribution in [0.15, 0.2) is 12.3 Å². The third kappa shape index (κ3) is 5.01. The van der Waals surface area contributed by atoms with E-state index in [2.05, 4.69) is 4.84 Å². The summed E-state index contributed by atoms with van der Waals surface area (Å²) in [7, 11) is 0. The lowest BCUT2D eigenvalue weighted by Gasteiger charge is -1.90. The molecule has 0 aliphatic rings. The van der Waals surface area contributed by atoms with Crippen LogP contribution in [0, 0.1) is 0 Å². The number of amides is 1. The molecular formula is C5H9NO2. The molecule has 1 N–H and O–H groups in total. The van der Waals surface area contributed by atoms with Gasteiger partial charge in [-0.15, -0.1) is 0 Å². The molecule has 0 heterocycles. The predicted molar refractivity (Wildman–Crippen MR) is 29.7 cm³/mol. The lowest BCUT2D eigenvalue weighted by atomic mass is 10.5. The van der Waals surface area contributed by atoms with Crippen LogP contribution in [0.25, 0.3) is 0 Å². The minimum Gasteiger partial charge on any atom is -0.388 e. The summed E-state index contributed by atoms with van der Waals surface area (Å²) in [5.41, 5.74) is 2.02. The monoisotopic (exact) mass is 115 g/mol. The minimum atomic E-state index is 0.472. The Hall–Kier alpha value is -0.990. The maximum Gasteiger partial charge on any atom is 0.239 e. The molecule has 0 spiro atoms. The molecule has 0 saturated heterocycles. The number of hydrogen-bond acceptors (Lipinski definition) is 2. The van der Waals surface area contributed by atoms with Crippen molar-refractivity contribution < 1.29 is 9.63 Å². The van der Waals surface area contributed by atoms with Crippen molar-refractivity contribution in [2.45, 2.75) is 13.3 Å². The van der Waals surface area contributed by atoms with Crippen LogP contribution in [0.1, 0.15) is 13.3 Å². The third-order valence-electron chi connectivity index (χ3n) is 0.516. The Balaban J connectivity index is 2.90. The van der Waals surface area contributed by atoms with E-state index in [4.69, 9.17) is 0 Å². The smallest absolute Gasteiger partial charge is 0.239 e. The number of carbonyl (C=O) groups is 1. The standard InChI is InChI=1S/C5H9NO2/c1-2-3-4-8-6-5-7/h3-5H,2H2,1H3,(H,6,7). The summed E-state index contributed by atoms with van der Waals surface area (Å²) in [5, 5.41) is 0. The summed E-state index contributed by atoms with van der Waals surface area (Å²) >= 11 is 0. The van der Waals surface area contributed by atoms with Crippen LogP contribution in [-0.4, -0.2) is 6.41 Å². The third-order valence-corrected chi connectivity index (χ3v) is 0.516. The Morgan fingerprint density at radius 1 is 1.75 bits per heavy atom. The molecule has 0 atom stereocenters. The van der Waals surface area contributed by atoms with Crippen molar-refractivity contribution in [1.29, 1.82) is 0 Å². The molecule has 8 heavy (non-hydrogen) atoms. The average Bonchev–Trinajstić information content (AvgIpc) is 1.81. The lowest BCUT2D eigenvalue weighted by Crippen LogP contribution is -2.05. The zero-order chi connectivity index (χ0) is 6.24. The van der Waals surface area contributed by atoms with Crippen LogP contribution < -0.4 is 5.48 Å². The van der Waals surface area contributed by atoms with Crippen molar-refractivity contribution in [3.63, 3.8) is 0 Å². The van der Waals surface area contributed by atoms with E-state index in [0.29, 0.717) is 6.41 Å². The highest BCUT2D eigenvalue weighted by atomic mass is 16.6. The molecule has 0 unspecified atom stereocenters. The highest BCUT2D eigenvalue weighted by Crippen LogP contribution is 1.76. The Morgan fingerprint density at radius 2 is 2.50 bits per heavy atom. The molecule has 3 nitrogen and oxygen atoms in total. The summed E-state index contributed by atoms with van der Waals surface area (Å²) in [6.07, 6.45) is 4.59. The van der Waals surface area contributed by atoms with Crippen LogP contribution >= 0.6 is 0 Å². The van der Waals surface area contributed by atoms with E-state index in [9.17, 15) is 4.79 Å². The molecule has 1 amide bonds. The van der Waals surface area contributed by atoms with E-state index in [1.807, 2.05) is 12.4 Å². The average molecular weight is 115 g/mol. The number of nitrogens with one attached hydrogen (secondary N) is 1. The second-order valence-electron chi connectivity index (χ2n) is 1.13. The highest BCUT2D eigenvalue weighted by Gasteiger charge is 1.67. The van der Waals surface area contributed by atoms with Gasteiger partial charge < -0.3 is 4.84 Å². The molecule has 46 valence electrons. The van der Waals surface area contributed by atoms with E-state index in [0.717, 1.165) is 6.42 Å². The van der Waals surface area contributed by atoms with Crippen molar-refractivity contribution in [2.75, 3.05) is 0 Å². The van der Waals surface area contributed by atoms with Crippen LogP contribution in [0.5, 0.6) is 0 Å². The van der Waals surface area contributed by atoms with E-state index >= 15 is 0 Å². The summed E-state index contributed by atoms with van der Waals surface area (Å²) in [5.74, 6) is 0. The molecular weight excluding hydrogens is 106 g/mol. The fourth-order valence-electron chi connectivity index (χ4n) is 0.211. The van der Waals surface area contributed by atoms with Crippen molar-refractivity contribution in [2.24, 2.45) is 0 Å². The Labute approximate surface area is 48.3 Å². The van der Waals surface area contributed by atoms with E-state index in [1.165, 1.54) is 6.26 Å². The normalized spacial score (nSPS) is 9.12. The van der Waals surface area contributed by atoms with Gasteiger partial charge in [0, 0.05) is 0 Å². The maximum absolute atomic E-state index is 9.50. The molecule has 0 saturated carbocycles. The van der Waals surface area contributed by atoms with Gasteiger partial charge in [0.15, 0.2) is 0 Å². The fraction of sp³-hybridized carbons (Fsp3) is 0.400. The van der Waals surface area contributed by atoms with Gasteiger partial charge in [-0.3, -0.25) is 4.79 Å². The van der Waals surface area contributed by atoms with Crippen molar-refractivity contribution in [3.05, 3.63) is 12.3 Å². The van der Waals surface area contributed by atoms with Gasteiger partial charge in [-0.1, -0.05) is 6.92 Å². The topological polar surface area (TPSA) is 38.3 Å². The second-order valence-corrected chi connectivity index (χ2v) is 1.13. The van der Waals surface area contributed by atoms with Crippen LogP contribution in [0.2, 0.25) is 0 Å². The Bertz CT molecular complexity index is 80.5. The first-order valence-electron chi connectivity index (χ1n) is 2.41. The quantitative estimate of drug-likeness (QED) is 0.252. The van der Waals surface area contributed by atoms with Crippen molar-refractivity contribution in [3.8, 4) is 0 Å². The first-order valence-corrected chi connectivity index (χ1v) is 2.41. The Morgan fingerprint density at radius 3 is 3.00 bits per heavy atom. The van der Waals surface area contributed by atoms with Gasteiger partial charge in [-0.2, -0.15) is 5.48 Å². The SMILES string of the molecule is CCC=CONC=O.